The molecule has 1 aromatic heterocycles. The van der Waals surface area contributed by atoms with Crippen molar-refractivity contribution in [3.63, 3.8) is 0 Å². The molecule has 1 N–H and O–H groups in total. The molecule has 2 aromatic carbocycles. The van der Waals surface area contributed by atoms with Crippen LogP contribution in [-0.2, 0) is 0 Å². The maximum absolute atomic E-state index is 13.3. The molecular formula is C18H12FN3OS. The highest BCUT2D eigenvalue weighted by molar-refractivity contribution is 7.13. The summed E-state index contributed by atoms with van der Waals surface area (Å²) >= 11 is 1.38. The number of nitriles is 1. The lowest BCUT2D eigenvalue weighted by Gasteiger charge is -2.04. The summed E-state index contributed by atoms with van der Waals surface area (Å²) in [4.78, 5) is 16.6. The second kappa shape index (κ2) is 6.60. The monoisotopic (exact) mass is 337 g/mol. The molecule has 0 saturated heterocycles. The van der Waals surface area contributed by atoms with E-state index in [1.165, 1.54) is 23.5 Å². The fourth-order valence-electron chi connectivity index (χ4n) is 2.20. The SMILES string of the molecule is Cc1ccccc1-c1nc(C(=O)Nc2ccc(F)c(C#N)c2)cs1. The van der Waals surface area contributed by atoms with Gasteiger partial charge in [-0.15, -0.1) is 11.3 Å². The summed E-state index contributed by atoms with van der Waals surface area (Å²) in [5, 5.41) is 13.9. The summed E-state index contributed by atoms with van der Waals surface area (Å²) in [6.45, 7) is 1.98. The molecule has 0 aliphatic heterocycles. The molecule has 0 aliphatic rings. The Labute approximate surface area is 142 Å². The average molecular weight is 337 g/mol. The summed E-state index contributed by atoms with van der Waals surface area (Å²) < 4.78 is 13.3. The van der Waals surface area contributed by atoms with Gasteiger partial charge in [0.1, 0.15) is 22.6 Å². The van der Waals surface area contributed by atoms with E-state index in [1.54, 1.807) is 11.4 Å². The molecule has 118 valence electrons. The van der Waals surface area contributed by atoms with Crippen LogP contribution < -0.4 is 5.32 Å². The van der Waals surface area contributed by atoms with Crippen molar-refractivity contribution in [2.24, 2.45) is 0 Å². The predicted octanol–water partition coefficient (Wildman–Crippen LogP) is 4.38. The average Bonchev–Trinajstić information content (AvgIpc) is 3.07. The number of aromatic nitrogens is 1. The van der Waals surface area contributed by atoms with Gasteiger partial charge in [0, 0.05) is 16.6 Å². The molecule has 0 radical (unpaired) electrons. The minimum absolute atomic E-state index is 0.119. The molecule has 0 atom stereocenters. The van der Waals surface area contributed by atoms with E-state index in [4.69, 9.17) is 5.26 Å². The van der Waals surface area contributed by atoms with Gasteiger partial charge < -0.3 is 5.32 Å². The zero-order valence-corrected chi connectivity index (χ0v) is 13.5. The zero-order chi connectivity index (χ0) is 17.1. The number of anilines is 1. The van der Waals surface area contributed by atoms with Gasteiger partial charge in [-0.2, -0.15) is 5.26 Å². The summed E-state index contributed by atoms with van der Waals surface area (Å²) in [6, 6.07) is 13.4. The third kappa shape index (κ3) is 3.16. The molecule has 0 aliphatic carbocycles. The van der Waals surface area contributed by atoms with E-state index in [-0.39, 0.29) is 11.3 Å². The minimum Gasteiger partial charge on any atom is -0.321 e. The molecule has 6 heteroatoms. The minimum atomic E-state index is -0.619. The lowest BCUT2D eigenvalue weighted by atomic mass is 10.1. The number of rotatable bonds is 3. The van der Waals surface area contributed by atoms with Gasteiger partial charge in [0.25, 0.3) is 5.91 Å². The lowest BCUT2D eigenvalue weighted by molar-refractivity contribution is 0.102. The number of benzene rings is 2. The summed E-state index contributed by atoms with van der Waals surface area (Å²) in [5.74, 6) is -1.02. The molecule has 0 fully saturated rings. The molecule has 0 bridgehead atoms. The topological polar surface area (TPSA) is 65.8 Å². The van der Waals surface area contributed by atoms with Crippen LogP contribution in [0.1, 0.15) is 21.6 Å². The van der Waals surface area contributed by atoms with Gasteiger partial charge >= 0.3 is 0 Å². The van der Waals surface area contributed by atoms with Crippen molar-refractivity contribution in [2.75, 3.05) is 5.32 Å². The third-order valence-corrected chi connectivity index (χ3v) is 4.33. The van der Waals surface area contributed by atoms with Crippen molar-refractivity contribution in [3.05, 3.63) is 70.5 Å². The van der Waals surface area contributed by atoms with Crippen molar-refractivity contribution in [2.45, 2.75) is 6.92 Å². The van der Waals surface area contributed by atoms with Crippen LogP contribution in [0, 0.1) is 24.1 Å². The number of thiazole rings is 1. The van der Waals surface area contributed by atoms with E-state index in [0.717, 1.165) is 22.2 Å². The number of hydrogen-bond donors (Lipinski definition) is 1. The van der Waals surface area contributed by atoms with Gasteiger partial charge in [0.2, 0.25) is 0 Å². The standard InChI is InChI=1S/C18H12FN3OS/c1-11-4-2-3-5-14(11)18-22-16(10-24-18)17(23)21-13-6-7-15(19)12(8-13)9-20/h2-8,10H,1H3,(H,21,23). The van der Waals surface area contributed by atoms with Gasteiger partial charge in [-0.1, -0.05) is 24.3 Å². The molecule has 3 aromatic rings. The van der Waals surface area contributed by atoms with Crippen LogP contribution in [0.3, 0.4) is 0 Å². The Morgan fingerprint density at radius 1 is 1.29 bits per heavy atom. The van der Waals surface area contributed by atoms with Gasteiger partial charge in [0.15, 0.2) is 0 Å². The molecule has 1 heterocycles. The number of carbonyl (C=O) groups excluding carboxylic acids is 1. The quantitative estimate of drug-likeness (QED) is 0.771. The van der Waals surface area contributed by atoms with E-state index in [1.807, 2.05) is 31.2 Å². The number of halogens is 1. The summed E-state index contributed by atoms with van der Waals surface area (Å²) in [6.07, 6.45) is 0. The number of amides is 1. The zero-order valence-electron chi connectivity index (χ0n) is 12.7. The van der Waals surface area contributed by atoms with Crippen LogP contribution in [0.4, 0.5) is 10.1 Å². The largest absolute Gasteiger partial charge is 0.321 e. The molecule has 0 unspecified atom stereocenters. The van der Waals surface area contributed by atoms with Crippen molar-refractivity contribution >= 4 is 22.9 Å². The van der Waals surface area contributed by atoms with Gasteiger partial charge in [-0.3, -0.25) is 4.79 Å². The highest BCUT2D eigenvalue weighted by atomic mass is 32.1. The van der Waals surface area contributed by atoms with E-state index in [0.29, 0.717) is 5.69 Å². The van der Waals surface area contributed by atoms with E-state index < -0.39 is 11.7 Å². The van der Waals surface area contributed by atoms with Gasteiger partial charge in [-0.05, 0) is 30.7 Å². The highest BCUT2D eigenvalue weighted by Gasteiger charge is 2.14. The van der Waals surface area contributed by atoms with Crippen LogP contribution in [0.15, 0.2) is 47.8 Å². The molecule has 0 saturated carbocycles. The van der Waals surface area contributed by atoms with E-state index in [9.17, 15) is 9.18 Å². The van der Waals surface area contributed by atoms with Crippen LogP contribution in [0.5, 0.6) is 0 Å². The molecule has 4 nitrogen and oxygen atoms in total. The van der Waals surface area contributed by atoms with Crippen molar-refractivity contribution < 1.29 is 9.18 Å². The van der Waals surface area contributed by atoms with Crippen molar-refractivity contribution in [3.8, 4) is 16.6 Å². The van der Waals surface area contributed by atoms with Crippen molar-refractivity contribution in [1.29, 1.82) is 5.26 Å². The molecular weight excluding hydrogens is 325 g/mol. The number of nitrogens with zero attached hydrogens (tertiary/aromatic N) is 2. The first-order valence-electron chi connectivity index (χ1n) is 7.11. The Morgan fingerprint density at radius 2 is 2.08 bits per heavy atom. The second-order valence-corrected chi connectivity index (χ2v) is 5.97. The second-order valence-electron chi connectivity index (χ2n) is 5.11. The molecule has 0 spiro atoms. The van der Waals surface area contributed by atoms with Crippen LogP contribution in [0.2, 0.25) is 0 Å². The summed E-state index contributed by atoms with van der Waals surface area (Å²) in [7, 11) is 0. The predicted molar refractivity (Wildman–Crippen MR) is 91.4 cm³/mol. The Hall–Kier alpha value is -3.04. The number of hydrogen-bond acceptors (Lipinski definition) is 4. The fourth-order valence-corrected chi connectivity index (χ4v) is 3.09. The molecule has 24 heavy (non-hydrogen) atoms. The van der Waals surface area contributed by atoms with E-state index in [2.05, 4.69) is 10.3 Å². The maximum atomic E-state index is 13.3. The number of nitrogens with one attached hydrogen (secondary N) is 1. The Morgan fingerprint density at radius 3 is 2.83 bits per heavy atom. The smallest absolute Gasteiger partial charge is 0.275 e. The third-order valence-electron chi connectivity index (χ3n) is 3.46. The number of aryl methyl sites for hydroxylation is 1. The Kier molecular flexibility index (Phi) is 4.36. The first-order valence-corrected chi connectivity index (χ1v) is 7.99. The number of carbonyl (C=O) groups is 1. The summed E-state index contributed by atoms with van der Waals surface area (Å²) in [5.41, 5.74) is 2.57. The van der Waals surface area contributed by atoms with Gasteiger partial charge in [0.05, 0.1) is 5.56 Å². The first-order chi connectivity index (χ1) is 11.6. The lowest BCUT2D eigenvalue weighted by Crippen LogP contribution is -2.12. The highest BCUT2D eigenvalue weighted by Crippen LogP contribution is 2.27. The molecule has 3 rings (SSSR count). The van der Waals surface area contributed by atoms with Gasteiger partial charge in [-0.25, -0.2) is 9.37 Å². The maximum Gasteiger partial charge on any atom is 0.275 e. The van der Waals surface area contributed by atoms with Crippen LogP contribution >= 0.6 is 11.3 Å². The fraction of sp³-hybridized carbons (Fsp3) is 0.0556. The van der Waals surface area contributed by atoms with Crippen LogP contribution in [0.25, 0.3) is 10.6 Å². The normalized spacial score (nSPS) is 10.2. The first kappa shape index (κ1) is 15.8. The Bertz CT molecular complexity index is 959. The van der Waals surface area contributed by atoms with Crippen molar-refractivity contribution in [1.82, 2.24) is 4.98 Å². The van der Waals surface area contributed by atoms with Crippen LogP contribution in [-0.4, -0.2) is 10.9 Å². The Balaban J connectivity index is 1.82. The molecule has 1 amide bonds. The van der Waals surface area contributed by atoms with E-state index >= 15 is 0 Å².